The minimum atomic E-state index is -3.76. The van der Waals surface area contributed by atoms with Crippen LogP contribution in [0.5, 0.6) is 11.6 Å². The van der Waals surface area contributed by atoms with E-state index < -0.39 is 26.4 Å². The number of nitrogens with zero attached hydrogens (tertiary/aromatic N) is 2. The summed E-state index contributed by atoms with van der Waals surface area (Å²) in [6, 6.07) is 10.8. The van der Waals surface area contributed by atoms with E-state index in [1.54, 1.807) is 31.4 Å². The van der Waals surface area contributed by atoms with Crippen LogP contribution in [0.4, 0.5) is 20.4 Å². The van der Waals surface area contributed by atoms with Gasteiger partial charge in [0.2, 0.25) is 11.8 Å². The lowest BCUT2D eigenvalue weighted by Crippen LogP contribution is -2.07. The van der Waals surface area contributed by atoms with E-state index in [1.807, 2.05) is 0 Å². The molecule has 0 bridgehead atoms. The second-order valence-corrected chi connectivity index (χ2v) is 7.98. The SMILES string of the molecule is COc1ccc(COc2nc(Nc3cccc(S(C)(=O)=O)c3F)ncc2F)cc1. The molecule has 0 amide bonds. The van der Waals surface area contributed by atoms with Crippen molar-refractivity contribution in [1.29, 1.82) is 0 Å². The third kappa shape index (κ3) is 4.96. The summed E-state index contributed by atoms with van der Waals surface area (Å²) >= 11 is 0. The molecule has 1 heterocycles. The van der Waals surface area contributed by atoms with Crippen molar-refractivity contribution in [2.24, 2.45) is 0 Å². The van der Waals surface area contributed by atoms with Crippen molar-refractivity contribution in [3.63, 3.8) is 0 Å². The van der Waals surface area contributed by atoms with Gasteiger partial charge in [-0.3, -0.25) is 0 Å². The first-order chi connectivity index (χ1) is 13.8. The molecule has 0 saturated carbocycles. The van der Waals surface area contributed by atoms with Crippen molar-refractivity contribution in [2.75, 3.05) is 18.7 Å². The molecule has 29 heavy (non-hydrogen) atoms. The number of methoxy groups -OCH3 is 1. The normalized spacial score (nSPS) is 11.2. The van der Waals surface area contributed by atoms with Crippen molar-refractivity contribution < 1.29 is 26.7 Å². The zero-order chi connectivity index (χ0) is 21.0. The maximum atomic E-state index is 14.5. The van der Waals surface area contributed by atoms with Crippen LogP contribution in [0.15, 0.2) is 53.6 Å². The highest BCUT2D eigenvalue weighted by atomic mass is 32.2. The summed E-state index contributed by atoms with van der Waals surface area (Å²) in [7, 11) is -2.21. The summed E-state index contributed by atoms with van der Waals surface area (Å²) in [6.45, 7) is 0.0370. The smallest absolute Gasteiger partial charge is 0.255 e. The second kappa shape index (κ2) is 8.39. The number of ether oxygens (including phenoxy) is 2. The van der Waals surface area contributed by atoms with Crippen LogP contribution in [0.3, 0.4) is 0 Å². The van der Waals surface area contributed by atoms with E-state index in [1.165, 1.54) is 12.1 Å². The third-order valence-corrected chi connectivity index (χ3v) is 4.97. The summed E-state index contributed by atoms with van der Waals surface area (Å²) in [6.07, 6.45) is 1.77. The van der Waals surface area contributed by atoms with Gasteiger partial charge >= 0.3 is 0 Å². The fraction of sp³-hybridized carbons (Fsp3) is 0.158. The summed E-state index contributed by atoms with van der Waals surface area (Å²) in [5.41, 5.74) is 0.589. The lowest BCUT2D eigenvalue weighted by molar-refractivity contribution is 0.276. The topological polar surface area (TPSA) is 90.4 Å². The van der Waals surface area contributed by atoms with Crippen molar-refractivity contribution >= 4 is 21.5 Å². The number of hydrogen-bond donors (Lipinski definition) is 1. The number of hydrogen-bond acceptors (Lipinski definition) is 7. The number of rotatable bonds is 7. The van der Waals surface area contributed by atoms with E-state index >= 15 is 0 Å². The lowest BCUT2D eigenvalue weighted by Gasteiger charge is -2.11. The molecule has 10 heteroatoms. The molecule has 0 fully saturated rings. The summed E-state index contributed by atoms with van der Waals surface area (Å²) in [4.78, 5) is 7.15. The molecule has 0 spiro atoms. The Bertz CT molecular complexity index is 1120. The molecular formula is C19H17F2N3O4S. The molecule has 0 aliphatic heterocycles. The molecule has 0 unspecified atom stereocenters. The molecule has 3 aromatic rings. The molecule has 152 valence electrons. The fourth-order valence-corrected chi connectivity index (χ4v) is 3.16. The van der Waals surface area contributed by atoms with E-state index in [4.69, 9.17) is 9.47 Å². The largest absolute Gasteiger partial charge is 0.497 e. The molecule has 1 N–H and O–H groups in total. The van der Waals surface area contributed by atoms with Crippen LogP contribution in [0, 0.1) is 11.6 Å². The molecule has 0 saturated heterocycles. The second-order valence-electron chi connectivity index (χ2n) is 6.00. The standard InChI is InChI=1S/C19H17F2N3O4S/c1-27-13-8-6-12(7-9-13)11-28-18-14(20)10-22-19(24-18)23-15-4-3-5-16(17(15)21)29(2,25)26/h3-10H,11H2,1-2H3,(H,22,23,24). The first-order valence-electron chi connectivity index (χ1n) is 8.32. The van der Waals surface area contributed by atoms with Gasteiger partial charge in [0.25, 0.3) is 5.88 Å². The average Bonchev–Trinajstić information content (AvgIpc) is 2.69. The summed E-state index contributed by atoms with van der Waals surface area (Å²) in [5, 5.41) is 2.54. The zero-order valence-electron chi connectivity index (χ0n) is 15.5. The molecule has 2 aromatic carbocycles. The van der Waals surface area contributed by atoms with E-state index in [9.17, 15) is 17.2 Å². The Hall–Kier alpha value is -3.27. The van der Waals surface area contributed by atoms with E-state index in [0.717, 1.165) is 24.1 Å². The van der Waals surface area contributed by atoms with Crippen LogP contribution in [0.1, 0.15) is 5.56 Å². The Morgan fingerprint density at radius 1 is 1.10 bits per heavy atom. The van der Waals surface area contributed by atoms with Crippen LogP contribution >= 0.6 is 0 Å². The number of aromatic nitrogens is 2. The molecule has 1 aromatic heterocycles. The summed E-state index contributed by atoms with van der Waals surface area (Å²) < 4.78 is 62.2. The molecule has 0 atom stereocenters. The Morgan fingerprint density at radius 2 is 1.83 bits per heavy atom. The van der Waals surface area contributed by atoms with Gasteiger partial charge in [0.05, 0.1) is 19.0 Å². The van der Waals surface area contributed by atoms with Crippen molar-refractivity contribution in [1.82, 2.24) is 9.97 Å². The first kappa shape index (κ1) is 20.5. The van der Waals surface area contributed by atoms with Gasteiger partial charge in [-0.25, -0.2) is 17.8 Å². The van der Waals surface area contributed by atoms with Crippen molar-refractivity contribution in [3.05, 3.63) is 65.9 Å². The van der Waals surface area contributed by atoms with Gasteiger partial charge in [-0.05, 0) is 29.8 Å². The van der Waals surface area contributed by atoms with Gasteiger partial charge in [0.15, 0.2) is 15.7 Å². The van der Waals surface area contributed by atoms with Crippen LogP contribution in [-0.4, -0.2) is 31.8 Å². The number of benzene rings is 2. The molecule has 0 aliphatic rings. The average molecular weight is 421 g/mol. The van der Waals surface area contributed by atoms with E-state index in [0.29, 0.717) is 5.75 Å². The minimum absolute atomic E-state index is 0.0370. The third-order valence-electron chi connectivity index (χ3n) is 3.86. The van der Waals surface area contributed by atoms with Gasteiger partial charge in [0.1, 0.15) is 17.3 Å². The molecule has 7 nitrogen and oxygen atoms in total. The highest BCUT2D eigenvalue weighted by molar-refractivity contribution is 7.90. The first-order valence-corrected chi connectivity index (χ1v) is 10.2. The highest BCUT2D eigenvalue weighted by Gasteiger charge is 2.18. The van der Waals surface area contributed by atoms with Gasteiger partial charge in [0, 0.05) is 6.26 Å². The Kier molecular flexibility index (Phi) is 5.92. The number of sulfone groups is 1. The van der Waals surface area contributed by atoms with Crippen LogP contribution in [0.2, 0.25) is 0 Å². The Morgan fingerprint density at radius 3 is 2.48 bits per heavy atom. The van der Waals surface area contributed by atoms with Crippen LogP contribution in [-0.2, 0) is 16.4 Å². The predicted molar refractivity (Wildman–Crippen MR) is 102 cm³/mol. The van der Waals surface area contributed by atoms with Crippen LogP contribution in [0.25, 0.3) is 0 Å². The quantitative estimate of drug-likeness (QED) is 0.624. The van der Waals surface area contributed by atoms with Crippen molar-refractivity contribution in [3.8, 4) is 11.6 Å². The van der Waals surface area contributed by atoms with E-state index in [-0.39, 0.29) is 24.1 Å². The predicted octanol–water partition coefficient (Wildman–Crippen LogP) is 3.49. The van der Waals surface area contributed by atoms with Gasteiger partial charge in [-0.15, -0.1) is 0 Å². The molecule has 0 radical (unpaired) electrons. The van der Waals surface area contributed by atoms with Gasteiger partial charge in [-0.2, -0.15) is 9.37 Å². The minimum Gasteiger partial charge on any atom is -0.497 e. The molecule has 0 aliphatic carbocycles. The number of anilines is 2. The Labute approximate surface area is 166 Å². The maximum Gasteiger partial charge on any atom is 0.255 e. The molecular weight excluding hydrogens is 404 g/mol. The van der Waals surface area contributed by atoms with Gasteiger partial charge < -0.3 is 14.8 Å². The monoisotopic (exact) mass is 421 g/mol. The van der Waals surface area contributed by atoms with Crippen LogP contribution < -0.4 is 14.8 Å². The van der Waals surface area contributed by atoms with Gasteiger partial charge in [-0.1, -0.05) is 18.2 Å². The molecule has 3 rings (SSSR count). The summed E-state index contributed by atoms with van der Waals surface area (Å²) in [5.74, 6) is -1.59. The zero-order valence-corrected chi connectivity index (χ0v) is 16.3. The highest BCUT2D eigenvalue weighted by Crippen LogP contribution is 2.25. The lowest BCUT2D eigenvalue weighted by atomic mass is 10.2. The fourth-order valence-electron chi connectivity index (χ4n) is 2.40. The van der Waals surface area contributed by atoms with Crippen molar-refractivity contribution in [2.45, 2.75) is 11.5 Å². The maximum absolute atomic E-state index is 14.5. The van der Waals surface area contributed by atoms with E-state index in [2.05, 4.69) is 15.3 Å². The Balaban J connectivity index is 1.79. The number of halogens is 2. The number of nitrogens with one attached hydrogen (secondary N) is 1.